The van der Waals surface area contributed by atoms with E-state index in [0.717, 1.165) is 0 Å². The lowest BCUT2D eigenvalue weighted by molar-refractivity contribution is -0.142. The largest absolute Gasteiger partial charge is 0.481 e. The molecule has 1 heterocycles. The molecule has 0 amide bonds. The Labute approximate surface area is 95.8 Å². The third-order valence-corrected chi connectivity index (χ3v) is 4.68. The first-order valence-electron chi connectivity index (χ1n) is 5.29. The monoisotopic (exact) mass is 247 g/mol. The molecule has 0 aromatic heterocycles. The topological polar surface area (TPSA) is 74.7 Å². The summed E-state index contributed by atoms with van der Waals surface area (Å²) in [5.74, 6) is -1.16. The summed E-state index contributed by atoms with van der Waals surface area (Å²) < 4.78 is 24.9. The lowest BCUT2D eigenvalue weighted by Gasteiger charge is -2.29. The summed E-state index contributed by atoms with van der Waals surface area (Å²) in [4.78, 5) is 10.7. The molecule has 0 unspecified atom stereocenters. The number of hydrogen-bond donors (Lipinski definition) is 1. The van der Waals surface area contributed by atoms with Crippen molar-refractivity contribution in [1.82, 2.24) is 4.31 Å². The van der Waals surface area contributed by atoms with E-state index in [-0.39, 0.29) is 5.75 Å². The van der Waals surface area contributed by atoms with Crippen LogP contribution in [0.25, 0.3) is 0 Å². The van der Waals surface area contributed by atoms with Crippen LogP contribution in [-0.4, -0.2) is 42.6 Å². The minimum atomic E-state index is -3.23. The van der Waals surface area contributed by atoms with E-state index in [2.05, 4.69) is 6.58 Å². The molecule has 0 atom stereocenters. The molecule has 0 radical (unpaired) electrons. The van der Waals surface area contributed by atoms with Gasteiger partial charge in [-0.1, -0.05) is 6.08 Å². The van der Waals surface area contributed by atoms with Gasteiger partial charge in [0.15, 0.2) is 0 Å². The number of rotatable bonds is 5. The molecule has 1 fully saturated rings. The van der Waals surface area contributed by atoms with Crippen molar-refractivity contribution in [2.45, 2.75) is 19.3 Å². The molecule has 6 heteroatoms. The van der Waals surface area contributed by atoms with Crippen LogP contribution in [0.2, 0.25) is 0 Å². The number of nitrogens with zero attached hydrogens (tertiary/aromatic N) is 1. The first-order chi connectivity index (χ1) is 7.47. The van der Waals surface area contributed by atoms with E-state index in [1.165, 1.54) is 4.31 Å². The maximum atomic E-state index is 11.8. The molecule has 92 valence electrons. The van der Waals surface area contributed by atoms with Gasteiger partial charge in [0.1, 0.15) is 0 Å². The molecule has 1 N–H and O–H groups in total. The molecule has 1 rings (SSSR count). The van der Waals surface area contributed by atoms with E-state index in [9.17, 15) is 13.2 Å². The number of carboxylic acids is 1. The summed E-state index contributed by atoms with van der Waals surface area (Å²) in [5, 5.41) is 8.79. The van der Waals surface area contributed by atoms with Crippen LogP contribution in [0.4, 0.5) is 0 Å². The van der Waals surface area contributed by atoms with Crippen LogP contribution in [0.5, 0.6) is 0 Å². The molecule has 1 aliphatic heterocycles. The smallest absolute Gasteiger partial charge is 0.306 e. The lowest BCUT2D eigenvalue weighted by Crippen LogP contribution is -2.41. The highest BCUT2D eigenvalue weighted by Gasteiger charge is 2.30. The maximum Gasteiger partial charge on any atom is 0.306 e. The highest BCUT2D eigenvalue weighted by atomic mass is 32.2. The summed E-state index contributed by atoms with van der Waals surface area (Å²) in [6.45, 7) is 4.12. The van der Waals surface area contributed by atoms with Crippen LogP contribution in [0.15, 0.2) is 12.7 Å². The average molecular weight is 247 g/mol. The van der Waals surface area contributed by atoms with Crippen molar-refractivity contribution in [3.05, 3.63) is 12.7 Å². The second-order valence-corrected chi connectivity index (χ2v) is 5.99. The van der Waals surface area contributed by atoms with Crippen LogP contribution in [0.3, 0.4) is 0 Å². The third kappa shape index (κ3) is 3.31. The SMILES string of the molecule is C=CCCS(=O)(=O)N1CCC(C(=O)O)CC1. The van der Waals surface area contributed by atoms with Crippen molar-refractivity contribution in [3.63, 3.8) is 0 Å². The van der Waals surface area contributed by atoms with Crippen LogP contribution in [0.1, 0.15) is 19.3 Å². The molecule has 0 aromatic carbocycles. The van der Waals surface area contributed by atoms with Crippen molar-refractivity contribution in [1.29, 1.82) is 0 Å². The summed E-state index contributed by atoms with van der Waals surface area (Å²) >= 11 is 0. The Morgan fingerprint density at radius 3 is 2.44 bits per heavy atom. The van der Waals surface area contributed by atoms with Gasteiger partial charge in [0.05, 0.1) is 11.7 Å². The number of hydrogen-bond acceptors (Lipinski definition) is 3. The molecule has 0 spiro atoms. The number of carboxylic acid groups (broad SMARTS) is 1. The Bertz CT molecular complexity index is 355. The van der Waals surface area contributed by atoms with Gasteiger partial charge in [-0.05, 0) is 19.3 Å². The van der Waals surface area contributed by atoms with E-state index >= 15 is 0 Å². The van der Waals surface area contributed by atoms with Crippen LogP contribution < -0.4 is 0 Å². The van der Waals surface area contributed by atoms with Crippen molar-refractivity contribution in [3.8, 4) is 0 Å². The molecular weight excluding hydrogens is 230 g/mol. The summed E-state index contributed by atoms with van der Waals surface area (Å²) in [6, 6.07) is 0. The van der Waals surface area contributed by atoms with Gasteiger partial charge in [-0.3, -0.25) is 4.79 Å². The van der Waals surface area contributed by atoms with E-state index < -0.39 is 21.9 Å². The van der Waals surface area contributed by atoms with Gasteiger partial charge >= 0.3 is 5.97 Å². The van der Waals surface area contributed by atoms with E-state index in [1.807, 2.05) is 0 Å². The summed E-state index contributed by atoms with van der Waals surface area (Å²) in [6.07, 6.45) is 2.81. The molecule has 0 bridgehead atoms. The highest BCUT2D eigenvalue weighted by molar-refractivity contribution is 7.89. The van der Waals surface area contributed by atoms with Crippen molar-refractivity contribution < 1.29 is 18.3 Å². The van der Waals surface area contributed by atoms with Crippen LogP contribution >= 0.6 is 0 Å². The van der Waals surface area contributed by atoms with Gasteiger partial charge < -0.3 is 5.11 Å². The van der Waals surface area contributed by atoms with Crippen molar-refractivity contribution in [2.24, 2.45) is 5.92 Å². The fourth-order valence-corrected chi connectivity index (χ4v) is 3.23. The average Bonchev–Trinajstić information content (AvgIpc) is 2.26. The minimum Gasteiger partial charge on any atom is -0.481 e. The second kappa shape index (κ2) is 5.45. The predicted molar refractivity (Wildman–Crippen MR) is 60.5 cm³/mol. The third-order valence-electron chi connectivity index (χ3n) is 2.78. The fourth-order valence-electron chi connectivity index (χ4n) is 1.74. The lowest BCUT2D eigenvalue weighted by atomic mass is 9.99. The van der Waals surface area contributed by atoms with Gasteiger partial charge in [-0.15, -0.1) is 6.58 Å². The molecule has 0 aliphatic carbocycles. The number of allylic oxidation sites excluding steroid dienone is 1. The highest BCUT2D eigenvalue weighted by Crippen LogP contribution is 2.20. The number of sulfonamides is 1. The molecule has 1 saturated heterocycles. The van der Waals surface area contributed by atoms with Gasteiger partial charge in [0.25, 0.3) is 0 Å². The number of aliphatic carboxylic acids is 1. The van der Waals surface area contributed by atoms with Crippen LogP contribution in [0, 0.1) is 5.92 Å². The molecule has 0 saturated carbocycles. The predicted octanol–water partition coefficient (Wildman–Crippen LogP) is 0.689. The zero-order valence-electron chi connectivity index (χ0n) is 9.13. The standard InChI is InChI=1S/C10H17NO4S/c1-2-3-8-16(14,15)11-6-4-9(5-7-11)10(12)13/h2,9H,1,3-8H2,(H,12,13). The molecular formula is C10H17NO4S. The van der Waals surface area contributed by atoms with Gasteiger partial charge in [0.2, 0.25) is 10.0 Å². The van der Waals surface area contributed by atoms with E-state index in [1.54, 1.807) is 6.08 Å². The summed E-state index contributed by atoms with van der Waals surface area (Å²) in [5.41, 5.74) is 0. The normalized spacial score (nSPS) is 19.5. The quantitative estimate of drug-likeness (QED) is 0.725. The first kappa shape index (κ1) is 13.2. The molecule has 1 aliphatic rings. The minimum absolute atomic E-state index is 0.0637. The molecule has 16 heavy (non-hydrogen) atoms. The summed E-state index contributed by atoms with van der Waals surface area (Å²) in [7, 11) is -3.23. The van der Waals surface area contributed by atoms with Gasteiger partial charge in [-0.2, -0.15) is 0 Å². The Morgan fingerprint density at radius 2 is 2.00 bits per heavy atom. The molecule has 5 nitrogen and oxygen atoms in total. The zero-order valence-corrected chi connectivity index (χ0v) is 9.95. The maximum absolute atomic E-state index is 11.8. The zero-order chi connectivity index (χ0) is 12.2. The van der Waals surface area contributed by atoms with Crippen LogP contribution in [-0.2, 0) is 14.8 Å². The Hall–Kier alpha value is -0.880. The van der Waals surface area contributed by atoms with Gasteiger partial charge in [0, 0.05) is 13.1 Å². The number of piperidine rings is 1. The second-order valence-electron chi connectivity index (χ2n) is 3.90. The van der Waals surface area contributed by atoms with Crippen molar-refractivity contribution in [2.75, 3.05) is 18.8 Å². The van der Waals surface area contributed by atoms with Crippen molar-refractivity contribution >= 4 is 16.0 Å². The molecule has 0 aromatic rings. The number of carbonyl (C=O) groups is 1. The van der Waals surface area contributed by atoms with E-state index in [4.69, 9.17) is 5.11 Å². The van der Waals surface area contributed by atoms with E-state index in [0.29, 0.717) is 32.4 Å². The first-order valence-corrected chi connectivity index (χ1v) is 6.90. The fraction of sp³-hybridized carbons (Fsp3) is 0.700. The Balaban J connectivity index is 2.53. The van der Waals surface area contributed by atoms with Gasteiger partial charge in [-0.25, -0.2) is 12.7 Å². The Morgan fingerprint density at radius 1 is 1.44 bits per heavy atom. The Kier molecular flexibility index (Phi) is 4.49.